The first-order chi connectivity index (χ1) is 36.5. The zero-order valence-corrected chi connectivity index (χ0v) is 33.5. The van der Waals surface area contributed by atoms with Gasteiger partial charge in [0, 0.05) is 27.2 Å². The molecule has 290 valence electrons. The summed E-state index contributed by atoms with van der Waals surface area (Å²) in [5, 5.41) is 1.81. The van der Waals surface area contributed by atoms with E-state index in [1.54, 1.807) is 4.57 Å². The van der Waals surface area contributed by atoms with Gasteiger partial charge < -0.3 is 4.57 Å². The van der Waals surface area contributed by atoms with Gasteiger partial charge in [-0.05, 0) is 93.8 Å². The highest BCUT2D eigenvalue weighted by Gasteiger charge is 2.45. The van der Waals surface area contributed by atoms with E-state index in [0.29, 0.717) is 11.0 Å². The molecule has 4 aliphatic rings. The van der Waals surface area contributed by atoms with E-state index >= 15 is 0 Å². The lowest BCUT2D eigenvalue weighted by molar-refractivity contribution is 0.929. The Morgan fingerprint density at radius 2 is 1.02 bits per heavy atom. The minimum atomic E-state index is -5.61. The van der Waals surface area contributed by atoms with Crippen LogP contribution in [-0.4, -0.2) is 32.2 Å². The highest BCUT2D eigenvalue weighted by molar-refractivity contribution is 7.19. The molecule has 4 aliphatic carbocycles. The van der Waals surface area contributed by atoms with E-state index in [9.17, 15) is 8.22 Å². The molecule has 0 aliphatic heterocycles. The predicted molar refractivity (Wildman–Crippen MR) is 253 cm³/mol. The Hall–Kier alpha value is -7.41. The largest absolute Gasteiger partial charge is 0.309 e. The number of nitrogens with zero attached hydrogens (tertiary/aromatic N) is 5. The van der Waals surface area contributed by atoms with Crippen molar-refractivity contribution in [3.8, 4) is 11.6 Å². The highest BCUT2D eigenvalue weighted by atomic mass is 28.3. The smallest absolute Gasteiger partial charge is 0.237 e. The monoisotopic (exact) mass is 814 g/mol. The topological polar surface area (TPSA) is 48.5 Å². The molecule has 0 saturated carbocycles. The molecular formula is C55H41N5Si. The van der Waals surface area contributed by atoms with Crippen LogP contribution in [0.2, 0.25) is 0 Å². The molecule has 3 aromatic heterocycles. The van der Waals surface area contributed by atoms with Crippen molar-refractivity contribution in [2.24, 2.45) is 0 Å². The quantitative estimate of drug-likeness (QED) is 0.124. The maximum absolute atomic E-state index is 9.49. The molecule has 11 aromatic rings. The number of fused-ring (bicyclic) bond motifs is 4. The normalized spacial score (nSPS) is 16.4. The molecule has 3 heterocycles. The molecule has 0 N–H and O–H groups in total. The van der Waals surface area contributed by atoms with Crippen molar-refractivity contribution in [1.29, 1.82) is 0 Å². The molecule has 0 radical (unpaired) electrons. The van der Waals surface area contributed by atoms with Crippen molar-refractivity contribution < 1.29 is 20.6 Å². The fourth-order valence-electron chi connectivity index (χ4n) is 9.26. The summed E-state index contributed by atoms with van der Waals surface area (Å²) in [5.74, 6) is -0.120. The van der Waals surface area contributed by atoms with Crippen LogP contribution in [0.1, 0.15) is 42.8 Å². The first-order valence-corrected chi connectivity index (χ1v) is 22.0. The molecule has 0 atom stereocenters. The van der Waals surface area contributed by atoms with Crippen molar-refractivity contribution >= 4 is 72.7 Å². The van der Waals surface area contributed by atoms with E-state index in [1.165, 1.54) is 27.6 Å². The summed E-state index contributed by atoms with van der Waals surface area (Å²) in [6.45, 7) is 0. The third-order valence-electron chi connectivity index (χ3n) is 12.0. The van der Waals surface area contributed by atoms with Crippen LogP contribution in [0.5, 0.6) is 0 Å². The van der Waals surface area contributed by atoms with Gasteiger partial charge in [-0.25, -0.2) is 15.0 Å². The number of benzene rings is 8. The van der Waals surface area contributed by atoms with Crippen LogP contribution in [0.15, 0.2) is 200 Å². The van der Waals surface area contributed by atoms with Crippen LogP contribution >= 0.6 is 0 Å². The number of rotatable bonds is 6. The third-order valence-corrected chi connectivity index (χ3v) is 15.9. The Bertz CT molecular complexity index is 4070. The molecule has 6 heteroatoms. The van der Waals surface area contributed by atoms with Gasteiger partial charge in [0.05, 0.1) is 42.6 Å². The van der Waals surface area contributed by atoms with Crippen LogP contribution in [0.25, 0.3) is 55.2 Å². The minimum Gasteiger partial charge on any atom is -0.309 e. The standard InChI is InChI=1S/C55H41N5Si/c1-4-14-43(15-5-1)61(44-16-6-2-7-17-44,45-18-8-3-9-19-45)55-57-37-56-54(58-55)60-49-22-12-10-20-46(49)48-36-42(34-35-51(48)60)59-50-23-13-11-21-47(50)52-40-30-28-38-24-26-39(27-25-38)29-31-41(33-32-40)53(52)59/h1-27,32-37H,28-31H2/i1D,2D,3D,4D,5D,6D,7D,8D,9D,14D,15D,16D,17D,18D,19D. The zero-order chi connectivity index (χ0) is 53.4. The van der Waals surface area contributed by atoms with Gasteiger partial charge in [0.25, 0.3) is 0 Å². The van der Waals surface area contributed by atoms with Crippen molar-refractivity contribution in [2.45, 2.75) is 25.7 Å². The van der Waals surface area contributed by atoms with E-state index in [1.807, 2.05) is 42.5 Å². The molecular weight excluding hydrogens is 759 g/mol. The summed E-state index contributed by atoms with van der Waals surface area (Å²) in [6, 6.07) is 22.1. The van der Waals surface area contributed by atoms with Crippen LogP contribution < -0.4 is 21.0 Å². The van der Waals surface area contributed by atoms with Gasteiger partial charge in [-0.1, -0.05) is 163 Å². The number of hydrogen-bond donors (Lipinski definition) is 0. The van der Waals surface area contributed by atoms with Gasteiger partial charge in [-0.2, -0.15) is 0 Å². The summed E-state index contributed by atoms with van der Waals surface area (Å²) in [6.07, 6.45) is 4.45. The van der Waals surface area contributed by atoms with Gasteiger partial charge in [0.1, 0.15) is 11.8 Å². The first kappa shape index (κ1) is 23.4. The SMILES string of the molecule is [2H]c1c([2H])c([2H])c([Si](c2ncnc(-n3c4ccccc4c4cc(-n5c6ccccc6c6c7ccc(c65)CCc5ccc(cc5)CC7)ccc43)n2)(c2c([2H])c([2H])c([2H])c([2H])c2[2H])c2c([2H])c([2H])c([2H])c([2H])c2[2H])c([2H])c1[2H]. The molecule has 0 spiro atoms. The lowest BCUT2D eigenvalue weighted by Crippen LogP contribution is -2.76. The van der Waals surface area contributed by atoms with E-state index in [2.05, 4.69) is 75.2 Å². The molecule has 61 heavy (non-hydrogen) atoms. The molecule has 0 fully saturated rings. The second kappa shape index (κ2) is 14.4. The maximum Gasteiger partial charge on any atom is 0.237 e. The maximum atomic E-state index is 9.49. The molecule has 15 rings (SSSR count). The Morgan fingerprint density at radius 3 is 1.66 bits per heavy atom. The van der Waals surface area contributed by atoms with Crippen LogP contribution in [0.4, 0.5) is 0 Å². The van der Waals surface area contributed by atoms with Gasteiger partial charge in [0.2, 0.25) is 14.0 Å². The summed E-state index contributed by atoms with van der Waals surface area (Å²) in [4.78, 5) is 14.3. The fraction of sp³-hybridized carbons (Fsp3) is 0.0727. The van der Waals surface area contributed by atoms with Crippen LogP contribution in [0.3, 0.4) is 0 Å². The number of aromatic nitrogens is 5. The Labute approximate surface area is 376 Å². The van der Waals surface area contributed by atoms with Crippen molar-refractivity contribution in [2.75, 3.05) is 0 Å². The minimum absolute atomic E-state index is 0.120. The second-order valence-electron chi connectivity index (χ2n) is 15.2. The summed E-state index contributed by atoms with van der Waals surface area (Å²) < 4.78 is 140. The average molecular weight is 815 g/mol. The summed E-state index contributed by atoms with van der Waals surface area (Å²) in [7, 11) is -5.61. The molecule has 0 saturated heterocycles. The Balaban J connectivity index is 1.17. The fourth-order valence-corrected chi connectivity index (χ4v) is 12.7. The van der Waals surface area contributed by atoms with E-state index in [0.717, 1.165) is 64.9 Å². The summed E-state index contributed by atoms with van der Waals surface area (Å²) >= 11 is 0. The van der Waals surface area contributed by atoms with Gasteiger partial charge in [-0.3, -0.25) is 4.57 Å². The van der Waals surface area contributed by atoms with Crippen molar-refractivity contribution in [3.05, 3.63) is 222 Å². The molecule has 4 bridgehead atoms. The van der Waals surface area contributed by atoms with Crippen LogP contribution in [-0.2, 0) is 25.7 Å². The predicted octanol–water partition coefficient (Wildman–Crippen LogP) is 9.33. The van der Waals surface area contributed by atoms with Crippen LogP contribution in [0, 0.1) is 0 Å². The third kappa shape index (κ3) is 5.63. The molecule has 0 amide bonds. The zero-order valence-electron chi connectivity index (χ0n) is 47.5. The average Bonchev–Trinajstić information content (AvgIpc) is 4.06. The first-order valence-electron chi connectivity index (χ1n) is 27.5. The highest BCUT2D eigenvalue weighted by Crippen LogP contribution is 2.39. The van der Waals surface area contributed by atoms with Crippen molar-refractivity contribution in [3.63, 3.8) is 0 Å². The molecule has 8 aromatic carbocycles. The summed E-state index contributed by atoms with van der Waals surface area (Å²) in [5.41, 5.74) is 8.67. The Kier molecular flexibility index (Phi) is 5.52. The Morgan fingerprint density at radius 1 is 0.475 bits per heavy atom. The van der Waals surface area contributed by atoms with E-state index in [-0.39, 0.29) is 5.95 Å². The second-order valence-corrected chi connectivity index (χ2v) is 18.6. The van der Waals surface area contributed by atoms with Gasteiger partial charge in [-0.15, -0.1) is 0 Å². The van der Waals surface area contributed by atoms with Gasteiger partial charge in [0.15, 0.2) is 0 Å². The number of aryl methyl sites for hydroxylation is 4. The van der Waals surface area contributed by atoms with E-state index in [4.69, 9.17) is 17.3 Å². The molecule has 0 unspecified atom stereocenters. The lowest BCUT2D eigenvalue weighted by Gasteiger charge is -2.32. The number of para-hydroxylation sites is 2. The lowest BCUT2D eigenvalue weighted by atomic mass is 9.93. The van der Waals surface area contributed by atoms with Gasteiger partial charge >= 0.3 is 0 Å². The number of hydrogen-bond acceptors (Lipinski definition) is 3. The van der Waals surface area contributed by atoms with E-state index < -0.39 is 120 Å². The molecule has 5 nitrogen and oxygen atoms in total. The van der Waals surface area contributed by atoms with Crippen molar-refractivity contribution in [1.82, 2.24) is 24.1 Å².